The van der Waals surface area contributed by atoms with E-state index in [0.29, 0.717) is 6.04 Å². The molecule has 0 amide bonds. The van der Waals surface area contributed by atoms with Crippen LogP contribution in [0.25, 0.3) is 22.4 Å². The van der Waals surface area contributed by atoms with Crippen LogP contribution < -0.4 is 0 Å². The van der Waals surface area contributed by atoms with Crippen molar-refractivity contribution < 1.29 is 0 Å². The zero-order valence-corrected chi connectivity index (χ0v) is 13.4. The van der Waals surface area contributed by atoms with Gasteiger partial charge in [0, 0.05) is 16.6 Å². The second-order valence-corrected chi connectivity index (χ2v) is 6.00. The van der Waals surface area contributed by atoms with E-state index in [2.05, 4.69) is 55.7 Å². The lowest BCUT2D eigenvalue weighted by Gasteiger charge is -2.16. The van der Waals surface area contributed by atoms with E-state index in [1.807, 2.05) is 12.1 Å². The maximum Gasteiger partial charge on any atom is 0.141 e. The summed E-state index contributed by atoms with van der Waals surface area (Å²) in [6.45, 7) is 6.54. The molecule has 0 aliphatic heterocycles. The molecule has 1 atom stereocenters. The number of fused-ring (bicyclic) bond motifs is 1. The highest BCUT2D eigenvalue weighted by atomic mass is 35.5. The van der Waals surface area contributed by atoms with Crippen molar-refractivity contribution in [2.45, 2.75) is 33.2 Å². The van der Waals surface area contributed by atoms with E-state index in [1.54, 1.807) is 0 Å². The third kappa shape index (κ3) is 2.56. The summed E-state index contributed by atoms with van der Waals surface area (Å²) in [5.41, 5.74) is 4.50. The second-order valence-electron chi connectivity index (χ2n) is 5.57. The number of aromatic nitrogens is 2. The van der Waals surface area contributed by atoms with Gasteiger partial charge < -0.3 is 4.57 Å². The number of rotatable bonds is 3. The maximum atomic E-state index is 6.12. The fourth-order valence-electron chi connectivity index (χ4n) is 2.69. The normalized spacial score (nSPS) is 12.8. The Labute approximate surface area is 130 Å². The topological polar surface area (TPSA) is 17.8 Å². The fraction of sp³-hybridized carbons (Fsp3) is 0.278. The van der Waals surface area contributed by atoms with Crippen LogP contribution in [-0.2, 0) is 0 Å². The van der Waals surface area contributed by atoms with Gasteiger partial charge in [0.25, 0.3) is 0 Å². The molecule has 3 heteroatoms. The van der Waals surface area contributed by atoms with Gasteiger partial charge in [0.15, 0.2) is 0 Å². The molecule has 2 aromatic carbocycles. The molecule has 0 bridgehead atoms. The third-order valence-corrected chi connectivity index (χ3v) is 4.19. The Morgan fingerprint density at radius 3 is 2.71 bits per heavy atom. The Bertz CT molecular complexity index is 789. The number of hydrogen-bond donors (Lipinski definition) is 0. The number of imidazole rings is 1. The van der Waals surface area contributed by atoms with Crippen molar-refractivity contribution in [2.75, 3.05) is 0 Å². The van der Waals surface area contributed by atoms with Crippen LogP contribution in [0, 0.1) is 6.92 Å². The lowest BCUT2D eigenvalue weighted by Crippen LogP contribution is -2.05. The fourth-order valence-corrected chi connectivity index (χ4v) is 2.85. The minimum Gasteiger partial charge on any atom is -0.321 e. The molecule has 0 fully saturated rings. The molecule has 0 saturated carbocycles. The monoisotopic (exact) mass is 298 g/mol. The lowest BCUT2D eigenvalue weighted by atomic mass is 10.1. The van der Waals surface area contributed by atoms with Crippen LogP contribution >= 0.6 is 11.6 Å². The van der Waals surface area contributed by atoms with Crippen LogP contribution in [0.2, 0.25) is 5.02 Å². The predicted octanol–water partition coefficient (Wildman–Crippen LogP) is 5.64. The van der Waals surface area contributed by atoms with Crippen LogP contribution in [0.4, 0.5) is 0 Å². The van der Waals surface area contributed by atoms with Gasteiger partial charge in [-0.25, -0.2) is 4.98 Å². The molecule has 0 spiro atoms. The Morgan fingerprint density at radius 1 is 1.19 bits per heavy atom. The van der Waals surface area contributed by atoms with Gasteiger partial charge in [-0.15, -0.1) is 0 Å². The van der Waals surface area contributed by atoms with Crippen LogP contribution in [-0.4, -0.2) is 9.55 Å². The van der Waals surface area contributed by atoms with Crippen LogP contribution in [0.15, 0.2) is 42.5 Å². The zero-order valence-electron chi connectivity index (χ0n) is 12.6. The van der Waals surface area contributed by atoms with Gasteiger partial charge in [-0.1, -0.05) is 42.3 Å². The Morgan fingerprint density at radius 2 is 2.00 bits per heavy atom. The van der Waals surface area contributed by atoms with Crippen LogP contribution in [0.3, 0.4) is 0 Å². The summed E-state index contributed by atoms with van der Waals surface area (Å²) >= 11 is 6.12. The van der Waals surface area contributed by atoms with Crippen molar-refractivity contribution in [3.05, 3.63) is 53.1 Å². The Kier molecular flexibility index (Phi) is 3.73. The molecular formula is C18H19ClN2. The van der Waals surface area contributed by atoms with Gasteiger partial charge in [-0.2, -0.15) is 0 Å². The number of aryl methyl sites for hydroxylation is 1. The molecule has 21 heavy (non-hydrogen) atoms. The van der Waals surface area contributed by atoms with E-state index in [-0.39, 0.29) is 0 Å². The smallest absolute Gasteiger partial charge is 0.141 e. The summed E-state index contributed by atoms with van der Waals surface area (Å²) < 4.78 is 2.32. The van der Waals surface area contributed by atoms with Crippen molar-refractivity contribution in [1.82, 2.24) is 9.55 Å². The quantitative estimate of drug-likeness (QED) is 0.612. The lowest BCUT2D eigenvalue weighted by molar-refractivity contribution is 0.550. The first-order valence-corrected chi connectivity index (χ1v) is 7.72. The number of benzene rings is 2. The van der Waals surface area contributed by atoms with Gasteiger partial charge in [0.1, 0.15) is 5.82 Å². The van der Waals surface area contributed by atoms with Gasteiger partial charge in [0.05, 0.1) is 11.0 Å². The standard InChI is InChI=1S/C18H19ClN2/c1-4-13(3)21-17-9-8-15(19)11-16(17)20-18(21)14-7-5-6-12(2)10-14/h5-11,13H,4H2,1-3H3. The van der Waals surface area contributed by atoms with Crippen LogP contribution in [0.1, 0.15) is 31.9 Å². The second kappa shape index (κ2) is 5.53. The van der Waals surface area contributed by atoms with E-state index in [0.717, 1.165) is 33.9 Å². The first kappa shape index (κ1) is 14.2. The molecule has 0 aliphatic carbocycles. The van der Waals surface area contributed by atoms with Gasteiger partial charge in [0.2, 0.25) is 0 Å². The Hall–Kier alpha value is -1.80. The summed E-state index contributed by atoms with van der Waals surface area (Å²) in [6.07, 6.45) is 1.06. The average molecular weight is 299 g/mol. The molecule has 0 aliphatic rings. The summed E-state index contributed by atoms with van der Waals surface area (Å²) in [7, 11) is 0. The van der Waals surface area contributed by atoms with Crippen molar-refractivity contribution in [3.63, 3.8) is 0 Å². The van der Waals surface area contributed by atoms with Crippen molar-refractivity contribution >= 4 is 22.6 Å². The highest BCUT2D eigenvalue weighted by Gasteiger charge is 2.16. The van der Waals surface area contributed by atoms with Crippen molar-refractivity contribution in [2.24, 2.45) is 0 Å². The molecule has 3 aromatic rings. The third-order valence-electron chi connectivity index (χ3n) is 3.96. The van der Waals surface area contributed by atoms with E-state index in [1.165, 1.54) is 5.56 Å². The molecule has 1 unspecified atom stereocenters. The van der Waals surface area contributed by atoms with Crippen molar-refractivity contribution in [1.29, 1.82) is 0 Å². The highest BCUT2D eigenvalue weighted by molar-refractivity contribution is 6.31. The first-order valence-electron chi connectivity index (χ1n) is 7.34. The minimum atomic E-state index is 0.395. The SMILES string of the molecule is CCC(C)n1c(-c2cccc(C)c2)nc2cc(Cl)ccc21. The molecule has 0 radical (unpaired) electrons. The molecule has 2 nitrogen and oxygen atoms in total. The van der Waals surface area contributed by atoms with Crippen LogP contribution in [0.5, 0.6) is 0 Å². The number of hydrogen-bond acceptors (Lipinski definition) is 1. The summed E-state index contributed by atoms with van der Waals surface area (Å²) in [6, 6.07) is 14.8. The summed E-state index contributed by atoms with van der Waals surface area (Å²) in [5.74, 6) is 1.02. The van der Waals surface area contributed by atoms with E-state index in [9.17, 15) is 0 Å². The molecule has 1 aromatic heterocycles. The summed E-state index contributed by atoms with van der Waals surface area (Å²) in [5, 5.41) is 0.729. The minimum absolute atomic E-state index is 0.395. The van der Waals surface area contributed by atoms with E-state index in [4.69, 9.17) is 16.6 Å². The summed E-state index contributed by atoms with van der Waals surface area (Å²) in [4.78, 5) is 4.83. The van der Waals surface area contributed by atoms with E-state index >= 15 is 0 Å². The first-order chi connectivity index (χ1) is 10.1. The van der Waals surface area contributed by atoms with Gasteiger partial charge in [-0.05, 0) is 44.5 Å². The van der Waals surface area contributed by atoms with E-state index < -0.39 is 0 Å². The number of halogens is 1. The highest BCUT2D eigenvalue weighted by Crippen LogP contribution is 2.31. The molecular weight excluding hydrogens is 280 g/mol. The molecule has 0 N–H and O–H groups in total. The van der Waals surface area contributed by atoms with Gasteiger partial charge in [-0.3, -0.25) is 0 Å². The zero-order chi connectivity index (χ0) is 15.0. The van der Waals surface area contributed by atoms with Gasteiger partial charge >= 0.3 is 0 Å². The average Bonchev–Trinajstić information content (AvgIpc) is 2.84. The molecule has 3 rings (SSSR count). The molecule has 1 heterocycles. The Balaban J connectivity index is 2.30. The predicted molar refractivity (Wildman–Crippen MR) is 89.9 cm³/mol. The largest absolute Gasteiger partial charge is 0.321 e. The molecule has 108 valence electrons. The number of nitrogens with zero attached hydrogens (tertiary/aromatic N) is 2. The van der Waals surface area contributed by atoms with Crippen molar-refractivity contribution in [3.8, 4) is 11.4 Å². The maximum absolute atomic E-state index is 6.12. The molecule has 0 saturated heterocycles.